The first-order valence-electron chi connectivity index (χ1n) is 5.49. The summed E-state index contributed by atoms with van der Waals surface area (Å²) in [6.45, 7) is 2.07. The van der Waals surface area contributed by atoms with E-state index in [9.17, 15) is 14.4 Å². The van der Waals surface area contributed by atoms with Crippen molar-refractivity contribution in [3.05, 3.63) is 0 Å². The molecule has 1 rings (SSSR count). The molecule has 0 aliphatic carbocycles. The van der Waals surface area contributed by atoms with E-state index in [1.54, 1.807) is 6.92 Å². The predicted octanol–water partition coefficient (Wildman–Crippen LogP) is -0.192. The van der Waals surface area contributed by atoms with E-state index < -0.39 is 24.0 Å². The average molecular weight is 244 g/mol. The molecular formula is C10H16N2O5. The summed E-state index contributed by atoms with van der Waals surface area (Å²) in [5, 5.41) is 11.2. The minimum atomic E-state index is -1.02. The Balaban J connectivity index is 2.42. The van der Waals surface area contributed by atoms with Gasteiger partial charge in [0.05, 0.1) is 6.61 Å². The first kappa shape index (κ1) is 13.3. The van der Waals surface area contributed by atoms with Crippen LogP contribution in [0.1, 0.15) is 19.8 Å². The molecule has 1 unspecified atom stereocenters. The number of carbonyl (C=O) groups is 3. The molecule has 0 radical (unpaired) electrons. The van der Waals surface area contributed by atoms with Crippen LogP contribution in [0, 0.1) is 0 Å². The summed E-state index contributed by atoms with van der Waals surface area (Å²) < 4.78 is 4.64. The molecule has 0 bridgehead atoms. The van der Waals surface area contributed by atoms with Crippen LogP contribution < -0.4 is 5.32 Å². The minimum absolute atomic E-state index is 0.241. The summed E-state index contributed by atoms with van der Waals surface area (Å²) in [5.41, 5.74) is 0. The Labute approximate surface area is 98.7 Å². The maximum Gasteiger partial charge on any atom is 0.326 e. The van der Waals surface area contributed by atoms with Gasteiger partial charge in [-0.1, -0.05) is 0 Å². The molecular weight excluding hydrogens is 228 g/mol. The Kier molecular flexibility index (Phi) is 4.74. The zero-order valence-electron chi connectivity index (χ0n) is 9.64. The van der Waals surface area contributed by atoms with Gasteiger partial charge in [0.1, 0.15) is 12.6 Å². The van der Waals surface area contributed by atoms with Crippen molar-refractivity contribution in [1.29, 1.82) is 0 Å². The van der Waals surface area contributed by atoms with Gasteiger partial charge in [-0.3, -0.25) is 4.79 Å². The topological polar surface area (TPSA) is 95.9 Å². The van der Waals surface area contributed by atoms with E-state index in [2.05, 4.69) is 10.1 Å². The maximum absolute atomic E-state index is 11.6. The fourth-order valence-electron chi connectivity index (χ4n) is 1.73. The van der Waals surface area contributed by atoms with Crippen LogP contribution in [-0.2, 0) is 14.3 Å². The van der Waals surface area contributed by atoms with Gasteiger partial charge < -0.3 is 20.1 Å². The maximum atomic E-state index is 11.6. The van der Waals surface area contributed by atoms with E-state index in [1.807, 2.05) is 0 Å². The Bertz CT molecular complexity index is 318. The van der Waals surface area contributed by atoms with Crippen molar-refractivity contribution in [2.75, 3.05) is 19.7 Å². The average Bonchev–Trinajstić information content (AvgIpc) is 2.75. The monoisotopic (exact) mass is 244 g/mol. The van der Waals surface area contributed by atoms with Crippen molar-refractivity contribution in [3.8, 4) is 0 Å². The first-order chi connectivity index (χ1) is 8.06. The lowest BCUT2D eigenvalue weighted by atomic mass is 10.2. The van der Waals surface area contributed by atoms with Gasteiger partial charge in [-0.25, -0.2) is 9.59 Å². The SMILES string of the molecule is CCOC(=O)CNC(=O)N1CCCC1C(=O)O. The van der Waals surface area contributed by atoms with Crippen LogP contribution in [0.15, 0.2) is 0 Å². The second-order valence-corrected chi connectivity index (χ2v) is 3.65. The summed E-state index contributed by atoms with van der Waals surface area (Å²) >= 11 is 0. The third kappa shape index (κ3) is 3.61. The van der Waals surface area contributed by atoms with Gasteiger partial charge in [0.25, 0.3) is 0 Å². The van der Waals surface area contributed by atoms with E-state index in [1.165, 1.54) is 4.90 Å². The van der Waals surface area contributed by atoms with E-state index in [0.29, 0.717) is 19.4 Å². The number of nitrogens with one attached hydrogen (secondary N) is 1. The van der Waals surface area contributed by atoms with Gasteiger partial charge in [0.15, 0.2) is 0 Å². The number of carbonyl (C=O) groups excluding carboxylic acids is 2. The number of esters is 1. The van der Waals surface area contributed by atoms with Crippen molar-refractivity contribution in [2.24, 2.45) is 0 Å². The number of amides is 2. The molecule has 2 N–H and O–H groups in total. The molecule has 1 aliphatic heterocycles. The lowest BCUT2D eigenvalue weighted by Gasteiger charge is -2.21. The van der Waals surface area contributed by atoms with Crippen molar-refractivity contribution in [1.82, 2.24) is 10.2 Å². The molecule has 7 heteroatoms. The predicted molar refractivity (Wildman–Crippen MR) is 57.4 cm³/mol. The lowest BCUT2D eigenvalue weighted by Crippen LogP contribution is -2.47. The molecule has 0 aromatic heterocycles. The molecule has 0 spiro atoms. The molecule has 1 saturated heterocycles. The second kappa shape index (κ2) is 6.07. The molecule has 1 heterocycles. The highest BCUT2D eigenvalue weighted by atomic mass is 16.5. The van der Waals surface area contributed by atoms with Crippen LogP contribution in [0.5, 0.6) is 0 Å². The largest absolute Gasteiger partial charge is 0.480 e. The second-order valence-electron chi connectivity index (χ2n) is 3.65. The smallest absolute Gasteiger partial charge is 0.326 e. The van der Waals surface area contributed by atoms with Crippen LogP contribution in [0.2, 0.25) is 0 Å². The molecule has 1 fully saturated rings. The van der Waals surface area contributed by atoms with Crippen molar-refractivity contribution < 1.29 is 24.2 Å². The molecule has 1 atom stereocenters. The quantitative estimate of drug-likeness (QED) is 0.668. The van der Waals surface area contributed by atoms with Crippen molar-refractivity contribution in [3.63, 3.8) is 0 Å². The molecule has 17 heavy (non-hydrogen) atoms. The fourth-order valence-corrected chi connectivity index (χ4v) is 1.73. The van der Waals surface area contributed by atoms with Crippen LogP contribution in [0.25, 0.3) is 0 Å². The third-order valence-electron chi connectivity index (χ3n) is 2.49. The minimum Gasteiger partial charge on any atom is -0.480 e. The molecule has 1 aliphatic rings. The Hall–Kier alpha value is -1.79. The molecule has 96 valence electrons. The summed E-state index contributed by atoms with van der Waals surface area (Å²) in [5.74, 6) is -1.55. The molecule has 0 saturated carbocycles. The number of ether oxygens (including phenoxy) is 1. The number of aliphatic carboxylic acids is 1. The highest BCUT2D eigenvalue weighted by Gasteiger charge is 2.33. The number of rotatable bonds is 4. The van der Waals surface area contributed by atoms with Crippen molar-refractivity contribution >= 4 is 18.0 Å². The van der Waals surface area contributed by atoms with Gasteiger partial charge in [-0.15, -0.1) is 0 Å². The van der Waals surface area contributed by atoms with Crippen LogP contribution in [0.3, 0.4) is 0 Å². The lowest BCUT2D eigenvalue weighted by molar-refractivity contribution is -0.141. The van der Waals surface area contributed by atoms with Gasteiger partial charge in [0.2, 0.25) is 0 Å². The normalized spacial score (nSPS) is 18.9. The zero-order valence-corrected chi connectivity index (χ0v) is 9.64. The fraction of sp³-hybridized carbons (Fsp3) is 0.700. The number of carboxylic acid groups (broad SMARTS) is 1. The third-order valence-corrected chi connectivity index (χ3v) is 2.49. The number of hydrogen-bond acceptors (Lipinski definition) is 4. The van der Waals surface area contributed by atoms with E-state index in [0.717, 1.165) is 0 Å². The molecule has 7 nitrogen and oxygen atoms in total. The Morgan fingerprint density at radius 3 is 2.76 bits per heavy atom. The van der Waals surface area contributed by atoms with Crippen LogP contribution >= 0.6 is 0 Å². The van der Waals surface area contributed by atoms with Crippen molar-refractivity contribution in [2.45, 2.75) is 25.8 Å². The highest BCUT2D eigenvalue weighted by molar-refractivity contribution is 5.85. The number of urea groups is 1. The van der Waals surface area contributed by atoms with E-state index >= 15 is 0 Å². The van der Waals surface area contributed by atoms with Gasteiger partial charge in [-0.05, 0) is 19.8 Å². The molecule has 0 aromatic carbocycles. The number of hydrogen-bond donors (Lipinski definition) is 2. The number of carboxylic acids is 1. The summed E-state index contributed by atoms with van der Waals surface area (Å²) in [7, 11) is 0. The Morgan fingerprint density at radius 1 is 1.47 bits per heavy atom. The van der Waals surface area contributed by atoms with Gasteiger partial charge in [0, 0.05) is 6.54 Å². The van der Waals surface area contributed by atoms with E-state index in [-0.39, 0.29) is 13.2 Å². The molecule has 0 aromatic rings. The number of nitrogens with zero attached hydrogens (tertiary/aromatic N) is 1. The summed E-state index contributed by atoms with van der Waals surface area (Å²) in [6, 6.07) is -1.33. The van der Waals surface area contributed by atoms with Gasteiger partial charge in [-0.2, -0.15) is 0 Å². The number of likely N-dealkylation sites (tertiary alicyclic amines) is 1. The van der Waals surface area contributed by atoms with E-state index in [4.69, 9.17) is 5.11 Å². The standard InChI is InChI=1S/C10H16N2O5/c1-2-17-8(13)6-11-10(16)12-5-3-4-7(12)9(14)15/h7H,2-6H2,1H3,(H,11,16)(H,14,15). The Morgan fingerprint density at radius 2 is 2.18 bits per heavy atom. The summed E-state index contributed by atoms with van der Waals surface area (Å²) in [4.78, 5) is 34.7. The van der Waals surface area contributed by atoms with Crippen LogP contribution in [0.4, 0.5) is 4.79 Å². The molecule has 2 amide bonds. The zero-order chi connectivity index (χ0) is 12.8. The highest BCUT2D eigenvalue weighted by Crippen LogP contribution is 2.16. The van der Waals surface area contributed by atoms with Gasteiger partial charge >= 0.3 is 18.0 Å². The summed E-state index contributed by atoms with van der Waals surface area (Å²) in [6.07, 6.45) is 1.10. The van der Waals surface area contributed by atoms with Crippen LogP contribution in [-0.4, -0.2) is 53.7 Å². The first-order valence-corrected chi connectivity index (χ1v) is 5.49.